The molecule has 1 unspecified atom stereocenters. The van der Waals surface area contributed by atoms with Crippen molar-refractivity contribution >= 4 is 28.1 Å². The number of carbonyl (C=O) groups is 1. The maximum absolute atomic E-state index is 12.7. The highest BCUT2D eigenvalue weighted by atomic mass is 16.1. The number of aromatic nitrogens is 1. The Hall–Kier alpha value is -2.88. The molecular weight excluding hydrogens is 298 g/mol. The van der Waals surface area contributed by atoms with Crippen LogP contribution in [0.5, 0.6) is 0 Å². The number of nitrogens with one attached hydrogen (secondary N) is 1. The van der Waals surface area contributed by atoms with Crippen LogP contribution in [-0.2, 0) is 4.79 Å². The molecule has 0 spiro atoms. The lowest BCUT2D eigenvalue weighted by Gasteiger charge is -2.18. The predicted octanol–water partition coefficient (Wildman–Crippen LogP) is 3.70. The Morgan fingerprint density at radius 1 is 1.08 bits per heavy atom. The van der Waals surface area contributed by atoms with Gasteiger partial charge in [-0.1, -0.05) is 30.3 Å². The van der Waals surface area contributed by atoms with E-state index in [1.165, 1.54) is 5.69 Å². The molecule has 120 valence electrons. The topological polar surface area (TPSA) is 45.2 Å². The largest absolute Gasteiger partial charge is 0.371 e. The second kappa shape index (κ2) is 6.32. The molecule has 24 heavy (non-hydrogen) atoms. The van der Waals surface area contributed by atoms with Crippen LogP contribution >= 0.6 is 0 Å². The average Bonchev–Trinajstić information content (AvgIpc) is 3.13. The van der Waals surface area contributed by atoms with Crippen molar-refractivity contribution in [3.05, 3.63) is 67.0 Å². The molecule has 1 atom stereocenters. The van der Waals surface area contributed by atoms with Crippen LogP contribution < -0.4 is 10.2 Å². The van der Waals surface area contributed by atoms with E-state index >= 15 is 0 Å². The van der Waals surface area contributed by atoms with E-state index in [9.17, 15) is 4.79 Å². The van der Waals surface area contributed by atoms with Crippen LogP contribution in [-0.4, -0.2) is 24.0 Å². The van der Waals surface area contributed by atoms with Gasteiger partial charge >= 0.3 is 0 Å². The second-order valence-corrected chi connectivity index (χ2v) is 6.16. The van der Waals surface area contributed by atoms with Gasteiger partial charge in [-0.2, -0.15) is 0 Å². The molecule has 3 aromatic rings. The van der Waals surface area contributed by atoms with Crippen molar-refractivity contribution in [2.45, 2.75) is 6.42 Å². The van der Waals surface area contributed by atoms with Gasteiger partial charge in [0, 0.05) is 47.6 Å². The first-order valence-corrected chi connectivity index (χ1v) is 8.25. The first-order chi connectivity index (χ1) is 11.8. The van der Waals surface area contributed by atoms with Crippen LogP contribution in [0, 0.1) is 5.92 Å². The fourth-order valence-electron chi connectivity index (χ4n) is 3.31. The third-order valence-electron chi connectivity index (χ3n) is 4.62. The number of fused-ring (bicyclic) bond motifs is 1. The molecule has 0 bridgehead atoms. The maximum Gasteiger partial charge on any atom is 0.229 e. The van der Waals surface area contributed by atoms with Crippen LogP contribution in [0.15, 0.2) is 67.0 Å². The van der Waals surface area contributed by atoms with Crippen LogP contribution in [0.3, 0.4) is 0 Å². The van der Waals surface area contributed by atoms with Gasteiger partial charge in [0.05, 0.1) is 5.92 Å². The zero-order chi connectivity index (χ0) is 16.4. The molecule has 0 radical (unpaired) electrons. The van der Waals surface area contributed by atoms with Gasteiger partial charge in [-0.15, -0.1) is 0 Å². The lowest BCUT2D eigenvalue weighted by atomic mass is 10.1. The smallest absolute Gasteiger partial charge is 0.229 e. The zero-order valence-corrected chi connectivity index (χ0v) is 13.4. The molecule has 1 fully saturated rings. The SMILES string of the molecule is O=C(Nc1cccc2cnccc12)C1CCN(c2ccccc2)C1. The Labute approximate surface area is 141 Å². The van der Waals surface area contributed by atoms with E-state index in [0.29, 0.717) is 0 Å². The second-order valence-electron chi connectivity index (χ2n) is 6.16. The Bertz CT molecular complexity index is 858. The van der Waals surface area contributed by atoms with Gasteiger partial charge in [-0.25, -0.2) is 0 Å². The molecule has 1 aliphatic heterocycles. The van der Waals surface area contributed by atoms with Crippen molar-refractivity contribution in [3.63, 3.8) is 0 Å². The van der Waals surface area contributed by atoms with E-state index in [1.807, 2.05) is 48.7 Å². The van der Waals surface area contributed by atoms with Crippen LogP contribution in [0.2, 0.25) is 0 Å². The maximum atomic E-state index is 12.7. The molecule has 0 saturated carbocycles. The van der Waals surface area contributed by atoms with E-state index in [2.05, 4.69) is 27.3 Å². The zero-order valence-electron chi connectivity index (χ0n) is 13.4. The van der Waals surface area contributed by atoms with Crippen molar-refractivity contribution < 1.29 is 4.79 Å². The quantitative estimate of drug-likeness (QED) is 0.801. The van der Waals surface area contributed by atoms with Gasteiger partial charge in [0.25, 0.3) is 0 Å². The number of anilines is 2. The number of benzene rings is 2. The lowest BCUT2D eigenvalue weighted by Crippen LogP contribution is -2.27. The number of pyridine rings is 1. The normalized spacial score (nSPS) is 17.2. The van der Waals surface area contributed by atoms with E-state index in [1.54, 1.807) is 6.20 Å². The molecule has 1 N–H and O–H groups in total. The van der Waals surface area contributed by atoms with E-state index in [4.69, 9.17) is 0 Å². The summed E-state index contributed by atoms with van der Waals surface area (Å²) in [6.45, 7) is 1.68. The summed E-state index contributed by atoms with van der Waals surface area (Å²) in [7, 11) is 0. The molecule has 1 aromatic heterocycles. The standard InChI is InChI=1S/C20H19N3O/c24-20(16-10-12-23(14-16)17-6-2-1-3-7-17)22-19-8-4-5-15-13-21-11-9-18(15)19/h1-9,11,13,16H,10,12,14H2,(H,22,24). The van der Waals surface area contributed by atoms with Crippen LogP contribution in [0.1, 0.15) is 6.42 Å². The third kappa shape index (κ3) is 2.83. The minimum absolute atomic E-state index is 0.0160. The Kier molecular flexibility index (Phi) is 3.87. The highest BCUT2D eigenvalue weighted by Crippen LogP contribution is 2.26. The summed E-state index contributed by atoms with van der Waals surface area (Å²) < 4.78 is 0. The number of para-hydroxylation sites is 1. The molecule has 1 aliphatic rings. The molecule has 4 rings (SSSR count). The van der Waals surface area contributed by atoms with Crippen LogP contribution in [0.25, 0.3) is 10.8 Å². The van der Waals surface area contributed by atoms with Gasteiger partial charge in [-0.3, -0.25) is 9.78 Å². The average molecular weight is 317 g/mol. The Morgan fingerprint density at radius 3 is 2.83 bits per heavy atom. The minimum atomic E-state index is 0.0160. The molecule has 2 aromatic carbocycles. The summed E-state index contributed by atoms with van der Waals surface area (Å²) in [4.78, 5) is 19.1. The number of carbonyl (C=O) groups excluding carboxylic acids is 1. The monoisotopic (exact) mass is 317 g/mol. The fourth-order valence-corrected chi connectivity index (χ4v) is 3.31. The summed E-state index contributed by atoms with van der Waals surface area (Å²) in [5.74, 6) is 0.111. The molecule has 2 heterocycles. The summed E-state index contributed by atoms with van der Waals surface area (Å²) in [5.41, 5.74) is 2.04. The lowest BCUT2D eigenvalue weighted by molar-refractivity contribution is -0.119. The van der Waals surface area contributed by atoms with Crippen LogP contribution in [0.4, 0.5) is 11.4 Å². The van der Waals surface area contributed by atoms with Crippen molar-refractivity contribution in [2.24, 2.45) is 5.92 Å². The van der Waals surface area contributed by atoms with Gasteiger partial charge in [0.1, 0.15) is 0 Å². The van der Waals surface area contributed by atoms with Crippen molar-refractivity contribution in [3.8, 4) is 0 Å². The summed E-state index contributed by atoms with van der Waals surface area (Å²) >= 11 is 0. The molecule has 1 saturated heterocycles. The molecular formula is C20H19N3O. The first kappa shape index (κ1) is 14.7. The number of hydrogen-bond donors (Lipinski definition) is 1. The number of nitrogens with zero attached hydrogens (tertiary/aromatic N) is 2. The third-order valence-corrected chi connectivity index (χ3v) is 4.62. The van der Waals surface area contributed by atoms with Crippen molar-refractivity contribution in [1.82, 2.24) is 4.98 Å². The van der Waals surface area contributed by atoms with E-state index in [0.717, 1.165) is 36.0 Å². The number of hydrogen-bond acceptors (Lipinski definition) is 3. The van der Waals surface area contributed by atoms with Crippen molar-refractivity contribution in [1.29, 1.82) is 0 Å². The van der Waals surface area contributed by atoms with Gasteiger partial charge in [-0.05, 0) is 30.7 Å². The summed E-state index contributed by atoms with van der Waals surface area (Å²) in [6.07, 6.45) is 4.45. The summed E-state index contributed by atoms with van der Waals surface area (Å²) in [5, 5.41) is 5.17. The number of rotatable bonds is 3. The van der Waals surface area contributed by atoms with Gasteiger partial charge in [0.15, 0.2) is 0 Å². The fraction of sp³-hybridized carbons (Fsp3) is 0.200. The number of amides is 1. The van der Waals surface area contributed by atoms with Gasteiger partial charge in [0.2, 0.25) is 5.91 Å². The summed E-state index contributed by atoms with van der Waals surface area (Å²) in [6, 6.07) is 18.1. The Morgan fingerprint density at radius 2 is 1.96 bits per heavy atom. The van der Waals surface area contributed by atoms with E-state index in [-0.39, 0.29) is 11.8 Å². The molecule has 4 nitrogen and oxygen atoms in total. The first-order valence-electron chi connectivity index (χ1n) is 8.25. The Balaban J connectivity index is 1.49. The molecule has 4 heteroatoms. The van der Waals surface area contributed by atoms with Crippen molar-refractivity contribution in [2.75, 3.05) is 23.3 Å². The highest BCUT2D eigenvalue weighted by molar-refractivity contribution is 6.02. The molecule has 0 aliphatic carbocycles. The highest BCUT2D eigenvalue weighted by Gasteiger charge is 2.28. The minimum Gasteiger partial charge on any atom is -0.371 e. The molecule has 1 amide bonds. The van der Waals surface area contributed by atoms with Gasteiger partial charge < -0.3 is 10.2 Å². The predicted molar refractivity (Wildman–Crippen MR) is 97.1 cm³/mol. The van der Waals surface area contributed by atoms with E-state index < -0.39 is 0 Å².